The average Bonchev–Trinajstić information content (AvgIpc) is 3.39. The molecule has 0 unspecified atom stereocenters. The van der Waals surface area contributed by atoms with E-state index in [1.165, 1.54) is 5.39 Å². The third-order valence-electron chi connectivity index (χ3n) is 7.65. The Morgan fingerprint density at radius 3 is 2.19 bits per heavy atom. The number of nitrogens with zero attached hydrogens (tertiary/aromatic N) is 5. The lowest BCUT2D eigenvalue weighted by Crippen LogP contribution is -1.98. The predicted octanol–water partition coefficient (Wildman–Crippen LogP) is 9.17. The number of hydrogen-bond acceptors (Lipinski definition) is 4. The van der Waals surface area contributed by atoms with Gasteiger partial charge in [-0.25, -0.2) is 9.97 Å². The Morgan fingerprint density at radius 1 is 0.524 bits per heavy atom. The van der Waals surface area contributed by atoms with Gasteiger partial charge in [0.05, 0.1) is 34.3 Å². The molecule has 0 saturated heterocycles. The highest BCUT2D eigenvalue weighted by molar-refractivity contribution is 6.36. The van der Waals surface area contributed by atoms with E-state index >= 15 is 0 Å². The number of hydrogen-bond donors (Lipinski definition) is 0. The number of pyridine rings is 4. The van der Waals surface area contributed by atoms with Gasteiger partial charge in [-0.2, -0.15) is 0 Å². The molecule has 3 aromatic carbocycles. The number of para-hydroxylation sites is 1. The number of halogens is 1. The van der Waals surface area contributed by atoms with Crippen molar-refractivity contribution in [2.45, 2.75) is 0 Å². The topological polar surface area (TPSA) is 56.5 Å². The van der Waals surface area contributed by atoms with Gasteiger partial charge in [-0.1, -0.05) is 60.1 Å². The monoisotopic (exact) mass is 559 g/mol. The van der Waals surface area contributed by atoms with E-state index in [2.05, 4.69) is 81.3 Å². The van der Waals surface area contributed by atoms with Crippen LogP contribution >= 0.6 is 11.6 Å². The Balaban J connectivity index is 1.28. The highest BCUT2D eigenvalue weighted by atomic mass is 35.5. The standard InChI is InChI=1S/C36H22ClN5/c37-30-18-26(17-23-7-1-2-8-27(23)30)32-19-25(20-33(41-32)31-10-5-6-15-39-31)24-12-13-36(40-21-24)42-34-11-4-3-9-28(34)29-14-16-38-22-35(29)42/h1-22H. The fourth-order valence-electron chi connectivity index (χ4n) is 5.66. The van der Waals surface area contributed by atoms with E-state index in [9.17, 15) is 0 Å². The first-order valence-electron chi connectivity index (χ1n) is 13.6. The van der Waals surface area contributed by atoms with Gasteiger partial charge in [0.1, 0.15) is 5.82 Å². The van der Waals surface area contributed by atoms with Gasteiger partial charge in [0.15, 0.2) is 0 Å². The van der Waals surface area contributed by atoms with E-state index in [1.807, 2.05) is 61.1 Å². The van der Waals surface area contributed by atoms with Crippen LogP contribution in [0.2, 0.25) is 5.02 Å². The van der Waals surface area contributed by atoms with Crippen LogP contribution in [0.25, 0.3) is 72.2 Å². The zero-order chi connectivity index (χ0) is 28.0. The molecule has 0 fully saturated rings. The Kier molecular flexibility index (Phi) is 5.76. The summed E-state index contributed by atoms with van der Waals surface area (Å²) in [5, 5.41) is 5.11. The Bertz CT molecular complexity index is 2200. The largest absolute Gasteiger partial charge is 0.292 e. The molecule has 42 heavy (non-hydrogen) atoms. The van der Waals surface area contributed by atoms with Crippen LogP contribution in [0.4, 0.5) is 0 Å². The molecule has 5 heterocycles. The maximum absolute atomic E-state index is 6.72. The van der Waals surface area contributed by atoms with Crippen molar-refractivity contribution in [3.05, 3.63) is 139 Å². The molecule has 5 aromatic heterocycles. The van der Waals surface area contributed by atoms with Gasteiger partial charge in [-0.15, -0.1) is 0 Å². The third-order valence-corrected chi connectivity index (χ3v) is 7.96. The fourth-order valence-corrected chi connectivity index (χ4v) is 5.95. The number of benzene rings is 3. The van der Waals surface area contributed by atoms with Crippen molar-refractivity contribution >= 4 is 44.2 Å². The summed E-state index contributed by atoms with van der Waals surface area (Å²) in [6, 6.07) is 36.8. The molecule has 0 saturated carbocycles. The summed E-state index contributed by atoms with van der Waals surface area (Å²) in [5.41, 5.74) is 7.43. The molecule has 0 N–H and O–H groups in total. The minimum atomic E-state index is 0.696. The first kappa shape index (κ1) is 24.4. The van der Waals surface area contributed by atoms with E-state index in [4.69, 9.17) is 21.6 Å². The van der Waals surface area contributed by atoms with Gasteiger partial charge < -0.3 is 0 Å². The van der Waals surface area contributed by atoms with Gasteiger partial charge in [-0.3, -0.25) is 14.5 Å². The van der Waals surface area contributed by atoms with Crippen molar-refractivity contribution in [1.29, 1.82) is 0 Å². The van der Waals surface area contributed by atoms with Gasteiger partial charge in [0, 0.05) is 50.9 Å². The van der Waals surface area contributed by atoms with Crippen molar-refractivity contribution in [3.8, 4) is 39.6 Å². The number of fused-ring (bicyclic) bond motifs is 4. The maximum Gasteiger partial charge on any atom is 0.137 e. The number of aromatic nitrogens is 5. The van der Waals surface area contributed by atoms with Gasteiger partial charge in [-0.05, 0) is 71.6 Å². The van der Waals surface area contributed by atoms with Crippen LogP contribution in [-0.2, 0) is 0 Å². The quantitative estimate of drug-likeness (QED) is 0.216. The summed E-state index contributed by atoms with van der Waals surface area (Å²) in [6.07, 6.45) is 7.43. The lowest BCUT2D eigenvalue weighted by molar-refractivity contribution is 1.08. The van der Waals surface area contributed by atoms with Crippen LogP contribution in [0, 0.1) is 0 Å². The normalized spacial score (nSPS) is 11.5. The van der Waals surface area contributed by atoms with E-state index in [-0.39, 0.29) is 0 Å². The summed E-state index contributed by atoms with van der Waals surface area (Å²) in [6.45, 7) is 0. The summed E-state index contributed by atoms with van der Waals surface area (Å²) in [5.74, 6) is 0.832. The molecular formula is C36H22ClN5. The molecule has 0 atom stereocenters. The Labute approximate surface area is 246 Å². The average molecular weight is 560 g/mol. The van der Waals surface area contributed by atoms with Crippen molar-refractivity contribution in [1.82, 2.24) is 24.5 Å². The highest BCUT2D eigenvalue weighted by Gasteiger charge is 2.15. The molecule has 0 aliphatic rings. The molecule has 6 heteroatoms. The van der Waals surface area contributed by atoms with Crippen LogP contribution in [0.3, 0.4) is 0 Å². The Hall–Kier alpha value is -5.39. The van der Waals surface area contributed by atoms with E-state index in [1.54, 1.807) is 6.20 Å². The van der Waals surface area contributed by atoms with Crippen LogP contribution in [0.15, 0.2) is 134 Å². The van der Waals surface area contributed by atoms with Crippen LogP contribution < -0.4 is 0 Å². The molecule has 5 nitrogen and oxygen atoms in total. The second kappa shape index (κ2) is 9.91. The van der Waals surface area contributed by atoms with Crippen LogP contribution in [0.5, 0.6) is 0 Å². The molecule has 0 aliphatic heterocycles. The fraction of sp³-hybridized carbons (Fsp3) is 0. The predicted molar refractivity (Wildman–Crippen MR) is 171 cm³/mol. The molecule has 0 spiro atoms. The first-order valence-corrected chi connectivity index (χ1v) is 14.0. The van der Waals surface area contributed by atoms with E-state index < -0.39 is 0 Å². The van der Waals surface area contributed by atoms with Gasteiger partial charge in [0.25, 0.3) is 0 Å². The van der Waals surface area contributed by atoms with Crippen molar-refractivity contribution in [2.24, 2.45) is 0 Å². The van der Waals surface area contributed by atoms with Crippen molar-refractivity contribution < 1.29 is 0 Å². The van der Waals surface area contributed by atoms with E-state index in [0.717, 1.165) is 66.8 Å². The molecular weight excluding hydrogens is 538 g/mol. The third kappa shape index (κ3) is 4.10. The summed E-state index contributed by atoms with van der Waals surface area (Å²) >= 11 is 6.72. The molecule has 0 radical (unpaired) electrons. The second-order valence-electron chi connectivity index (χ2n) is 10.2. The minimum absolute atomic E-state index is 0.696. The van der Waals surface area contributed by atoms with E-state index in [0.29, 0.717) is 5.02 Å². The second-order valence-corrected chi connectivity index (χ2v) is 10.6. The SMILES string of the molecule is Clc1cc(-c2cc(-c3ccc(-n4c5ccccc5c5ccncc54)nc3)cc(-c3ccccn3)n2)cc2ccccc12. The van der Waals surface area contributed by atoms with Gasteiger partial charge in [0.2, 0.25) is 0 Å². The lowest BCUT2D eigenvalue weighted by Gasteiger charge is -2.12. The van der Waals surface area contributed by atoms with Crippen molar-refractivity contribution in [2.75, 3.05) is 0 Å². The zero-order valence-electron chi connectivity index (χ0n) is 22.3. The first-order chi connectivity index (χ1) is 20.7. The molecule has 0 aliphatic carbocycles. The summed E-state index contributed by atoms with van der Waals surface area (Å²) < 4.78 is 2.16. The molecule has 198 valence electrons. The molecule has 0 amide bonds. The number of rotatable bonds is 4. The lowest BCUT2D eigenvalue weighted by atomic mass is 10.0. The smallest absolute Gasteiger partial charge is 0.137 e. The summed E-state index contributed by atoms with van der Waals surface area (Å²) in [7, 11) is 0. The highest BCUT2D eigenvalue weighted by Crippen LogP contribution is 2.35. The van der Waals surface area contributed by atoms with Crippen LogP contribution in [-0.4, -0.2) is 24.5 Å². The van der Waals surface area contributed by atoms with Crippen molar-refractivity contribution in [3.63, 3.8) is 0 Å². The Morgan fingerprint density at radius 2 is 1.33 bits per heavy atom. The maximum atomic E-state index is 6.72. The van der Waals surface area contributed by atoms with Crippen LogP contribution in [0.1, 0.15) is 0 Å². The zero-order valence-corrected chi connectivity index (χ0v) is 23.1. The minimum Gasteiger partial charge on any atom is -0.292 e. The summed E-state index contributed by atoms with van der Waals surface area (Å²) in [4.78, 5) is 18.9. The van der Waals surface area contributed by atoms with Gasteiger partial charge >= 0.3 is 0 Å². The molecule has 8 aromatic rings. The molecule has 8 rings (SSSR count). The molecule has 0 bridgehead atoms.